The van der Waals surface area contributed by atoms with Crippen LogP contribution in [0.2, 0.25) is 0 Å². The molecule has 63 heavy (non-hydrogen) atoms. The minimum Gasteiger partial charge on any atom is -0.308 e. The van der Waals surface area contributed by atoms with Gasteiger partial charge in [-0.2, -0.15) is 13.2 Å². The summed E-state index contributed by atoms with van der Waals surface area (Å²) in [7, 11) is 0. The van der Waals surface area contributed by atoms with E-state index in [0.29, 0.717) is 28.6 Å². The molecule has 11 rings (SSSR count). The summed E-state index contributed by atoms with van der Waals surface area (Å²) in [5.74, 6) is 1.46. The molecule has 8 aromatic carbocycles. The lowest BCUT2D eigenvalue weighted by Crippen LogP contribution is -2.15. The molecule has 1 aliphatic carbocycles. The summed E-state index contributed by atoms with van der Waals surface area (Å²) in [4.78, 5) is 15.2. The molecule has 0 fully saturated rings. The summed E-state index contributed by atoms with van der Waals surface area (Å²) in [6, 6.07) is 59.2. The van der Waals surface area contributed by atoms with E-state index in [1.807, 2.05) is 66.7 Å². The minimum absolute atomic E-state index is 0.300. The molecule has 0 N–H and O–H groups in total. The second-order valence-corrected chi connectivity index (χ2v) is 16.8. The molecule has 4 nitrogen and oxygen atoms in total. The number of aryl methyl sites for hydroxylation is 1. The van der Waals surface area contributed by atoms with E-state index in [1.54, 1.807) is 12.1 Å². The fraction of sp³-hybridized carbons (Fsp3) is 0.0893. The van der Waals surface area contributed by atoms with Crippen LogP contribution in [0.25, 0.3) is 95.0 Å². The average Bonchev–Trinajstić information content (AvgIpc) is 3.77. The van der Waals surface area contributed by atoms with E-state index in [1.165, 1.54) is 34.4 Å². The van der Waals surface area contributed by atoms with Crippen LogP contribution in [-0.4, -0.2) is 19.5 Å². The number of hydrogen-bond donors (Lipinski definition) is 0. The minimum atomic E-state index is -4.50. The Kier molecular flexibility index (Phi) is 8.81. The predicted octanol–water partition coefficient (Wildman–Crippen LogP) is 14.9. The molecule has 0 saturated carbocycles. The maximum Gasteiger partial charge on any atom is 0.416 e. The number of para-hydroxylation sites is 1. The third kappa shape index (κ3) is 6.34. The van der Waals surface area contributed by atoms with Gasteiger partial charge in [-0.05, 0) is 76.7 Å². The van der Waals surface area contributed by atoms with Gasteiger partial charge in [-0.1, -0.05) is 165 Å². The first kappa shape index (κ1) is 38.3. The largest absolute Gasteiger partial charge is 0.416 e. The van der Waals surface area contributed by atoms with Crippen molar-refractivity contribution in [3.63, 3.8) is 0 Å². The number of rotatable bonds is 6. The van der Waals surface area contributed by atoms with Crippen LogP contribution in [0.3, 0.4) is 0 Å². The van der Waals surface area contributed by atoms with E-state index in [9.17, 15) is 13.2 Å². The van der Waals surface area contributed by atoms with Gasteiger partial charge in [-0.15, -0.1) is 0 Å². The van der Waals surface area contributed by atoms with Crippen LogP contribution in [0.15, 0.2) is 182 Å². The Labute approximate surface area is 363 Å². The first-order valence-electron chi connectivity index (χ1n) is 21.0. The van der Waals surface area contributed by atoms with Crippen molar-refractivity contribution in [2.45, 2.75) is 32.4 Å². The molecular formula is C56H39F3N4. The molecule has 7 heteroatoms. The zero-order chi connectivity index (χ0) is 43.0. The van der Waals surface area contributed by atoms with E-state index >= 15 is 0 Å². The monoisotopic (exact) mass is 824 g/mol. The maximum atomic E-state index is 14.2. The standard InChI is InChI=1S/C56H39F3N4/c1-34-22-24-35(25-23-34)44-32-39(54-61-52(37-14-6-4-7-15-37)60-53(62-54)38-16-8-5-9-17-38)33-45(36-26-28-40(29-27-36)56(57,58)59)51(44)63-47-21-13-11-19-43(47)49-48(63)31-30-42-41-18-10-12-20-46(41)55(2,3)50(42)49/h4-33H,1-3H3. The van der Waals surface area contributed by atoms with Crippen LogP contribution in [0.1, 0.15) is 36.1 Å². The highest BCUT2D eigenvalue weighted by Crippen LogP contribution is 2.54. The van der Waals surface area contributed by atoms with E-state index in [4.69, 9.17) is 15.0 Å². The lowest BCUT2D eigenvalue weighted by Gasteiger charge is -2.23. The Hall–Kier alpha value is -7.64. The topological polar surface area (TPSA) is 43.6 Å². The Morgan fingerprint density at radius 2 is 0.984 bits per heavy atom. The fourth-order valence-electron chi connectivity index (χ4n) is 9.53. The Balaban J connectivity index is 1.27. The third-order valence-electron chi connectivity index (χ3n) is 12.5. The second kappa shape index (κ2) is 14.5. The van der Waals surface area contributed by atoms with Crippen LogP contribution >= 0.6 is 0 Å². The van der Waals surface area contributed by atoms with Crippen LogP contribution in [0.5, 0.6) is 0 Å². The molecule has 1 aliphatic rings. The molecule has 304 valence electrons. The van der Waals surface area contributed by atoms with Crippen molar-refractivity contribution < 1.29 is 13.2 Å². The van der Waals surface area contributed by atoms with Crippen LogP contribution in [0.4, 0.5) is 13.2 Å². The Bertz CT molecular complexity index is 3330. The number of fused-ring (bicyclic) bond motifs is 7. The molecule has 0 radical (unpaired) electrons. The van der Waals surface area contributed by atoms with Gasteiger partial charge in [-0.3, -0.25) is 0 Å². The van der Waals surface area contributed by atoms with Crippen LogP contribution < -0.4 is 0 Å². The van der Waals surface area contributed by atoms with Crippen molar-refractivity contribution in [2.75, 3.05) is 0 Å². The van der Waals surface area contributed by atoms with Gasteiger partial charge >= 0.3 is 6.18 Å². The van der Waals surface area contributed by atoms with Crippen molar-refractivity contribution in [1.82, 2.24) is 19.5 Å². The zero-order valence-electron chi connectivity index (χ0n) is 34.7. The second-order valence-electron chi connectivity index (χ2n) is 16.8. The normalized spacial score (nSPS) is 13.0. The number of halogens is 3. The van der Waals surface area contributed by atoms with Crippen molar-refractivity contribution in [1.29, 1.82) is 0 Å². The van der Waals surface area contributed by atoms with E-state index in [0.717, 1.165) is 60.9 Å². The SMILES string of the molecule is Cc1ccc(-c2cc(-c3nc(-c4ccccc4)nc(-c4ccccc4)n3)cc(-c3ccc(C(F)(F)F)cc3)c2-n2c3ccccc3c3c4c(ccc32)-c2ccccc2C4(C)C)cc1. The van der Waals surface area contributed by atoms with Crippen molar-refractivity contribution in [3.05, 3.63) is 204 Å². The molecule has 0 bridgehead atoms. The fourth-order valence-corrected chi connectivity index (χ4v) is 9.53. The highest BCUT2D eigenvalue weighted by Gasteiger charge is 2.38. The zero-order valence-corrected chi connectivity index (χ0v) is 34.7. The highest BCUT2D eigenvalue weighted by molar-refractivity contribution is 6.15. The maximum absolute atomic E-state index is 14.2. The molecule has 0 amide bonds. The molecule has 0 aliphatic heterocycles. The average molecular weight is 825 g/mol. The predicted molar refractivity (Wildman–Crippen MR) is 249 cm³/mol. The summed E-state index contributed by atoms with van der Waals surface area (Å²) in [6.45, 7) is 6.65. The van der Waals surface area contributed by atoms with Crippen molar-refractivity contribution in [3.8, 4) is 73.2 Å². The van der Waals surface area contributed by atoms with E-state index < -0.39 is 11.7 Å². The quantitative estimate of drug-likeness (QED) is 0.168. The Morgan fingerprint density at radius 1 is 0.460 bits per heavy atom. The smallest absolute Gasteiger partial charge is 0.308 e. The molecule has 0 unspecified atom stereocenters. The highest BCUT2D eigenvalue weighted by atomic mass is 19.4. The lowest BCUT2D eigenvalue weighted by molar-refractivity contribution is -0.137. The van der Waals surface area contributed by atoms with Gasteiger partial charge < -0.3 is 4.57 Å². The number of hydrogen-bond acceptors (Lipinski definition) is 3. The number of benzene rings is 8. The third-order valence-corrected chi connectivity index (χ3v) is 12.5. The van der Waals surface area contributed by atoms with Gasteiger partial charge in [0.05, 0.1) is 22.3 Å². The molecule has 0 spiro atoms. The van der Waals surface area contributed by atoms with E-state index in [-0.39, 0.29) is 5.41 Å². The molecule has 0 atom stereocenters. The first-order chi connectivity index (χ1) is 30.5. The van der Waals surface area contributed by atoms with Gasteiger partial charge in [0.2, 0.25) is 0 Å². The van der Waals surface area contributed by atoms with Gasteiger partial charge in [0.25, 0.3) is 0 Å². The van der Waals surface area contributed by atoms with Gasteiger partial charge in [0.15, 0.2) is 17.5 Å². The van der Waals surface area contributed by atoms with Crippen LogP contribution in [-0.2, 0) is 11.6 Å². The molecule has 0 saturated heterocycles. The molecule has 2 aromatic heterocycles. The number of aromatic nitrogens is 4. The summed E-state index contributed by atoms with van der Waals surface area (Å²) in [6.07, 6.45) is -4.50. The van der Waals surface area contributed by atoms with Gasteiger partial charge in [0.1, 0.15) is 0 Å². The molecule has 2 heterocycles. The summed E-state index contributed by atoms with van der Waals surface area (Å²) >= 11 is 0. The van der Waals surface area contributed by atoms with Gasteiger partial charge in [-0.25, -0.2) is 15.0 Å². The summed E-state index contributed by atoms with van der Waals surface area (Å²) in [5, 5.41) is 2.25. The Morgan fingerprint density at radius 3 is 1.59 bits per heavy atom. The van der Waals surface area contributed by atoms with Crippen LogP contribution in [0, 0.1) is 6.92 Å². The lowest BCUT2D eigenvalue weighted by atomic mass is 9.80. The van der Waals surface area contributed by atoms with Gasteiger partial charge in [0, 0.05) is 44.0 Å². The van der Waals surface area contributed by atoms with Crippen molar-refractivity contribution >= 4 is 21.8 Å². The first-order valence-corrected chi connectivity index (χ1v) is 21.0. The van der Waals surface area contributed by atoms with E-state index in [2.05, 4.69) is 116 Å². The molecular weight excluding hydrogens is 786 g/mol. The number of alkyl halides is 3. The summed E-state index contributed by atoms with van der Waals surface area (Å²) < 4.78 is 44.8. The number of nitrogens with zero attached hydrogens (tertiary/aromatic N) is 4. The molecule has 10 aromatic rings. The summed E-state index contributed by atoms with van der Waals surface area (Å²) in [5.41, 5.74) is 13.4. The van der Waals surface area contributed by atoms with Crippen molar-refractivity contribution in [2.24, 2.45) is 0 Å².